The fraction of sp³-hybridized carbons (Fsp3) is 0.333. The maximum absolute atomic E-state index is 12.9. The van der Waals surface area contributed by atoms with Gasteiger partial charge < -0.3 is 10.8 Å². The van der Waals surface area contributed by atoms with Crippen LogP contribution in [0.25, 0.3) is 0 Å². The van der Waals surface area contributed by atoms with Gasteiger partial charge in [0.1, 0.15) is 5.82 Å². The average molecular weight is 169 g/mol. The highest BCUT2D eigenvalue weighted by Gasteiger charge is 2.05. The zero-order valence-electron chi connectivity index (χ0n) is 6.92. The van der Waals surface area contributed by atoms with Gasteiger partial charge >= 0.3 is 0 Å². The highest BCUT2D eigenvalue weighted by atomic mass is 19.1. The maximum Gasteiger partial charge on any atom is 0.126 e. The van der Waals surface area contributed by atoms with Crippen molar-refractivity contribution in [3.05, 3.63) is 35.1 Å². The molecule has 66 valence electrons. The molecule has 0 saturated heterocycles. The zero-order chi connectivity index (χ0) is 9.14. The van der Waals surface area contributed by atoms with Crippen molar-refractivity contribution in [2.75, 3.05) is 6.61 Å². The second-order valence-electron chi connectivity index (χ2n) is 2.80. The lowest BCUT2D eigenvalue weighted by Gasteiger charge is -2.08. The van der Waals surface area contributed by atoms with Crippen LogP contribution in [0.15, 0.2) is 18.2 Å². The van der Waals surface area contributed by atoms with Crippen molar-refractivity contribution in [2.24, 2.45) is 5.73 Å². The Balaban J connectivity index is 2.96. The summed E-state index contributed by atoms with van der Waals surface area (Å²) in [5.74, 6) is -0.281. The van der Waals surface area contributed by atoms with Gasteiger partial charge in [-0.1, -0.05) is 12.1 Å². The van der Waals surface area contributed by atoms with E-state index in [1.165, 1.54) is 6.07 Å². The van der Waals surface area contributed by atoms with Crippen LogP contribution in [0.5, 0.6) is 0 Å². The summed E-state index contributed by atoms with van der Waals surface area (Å²) in [7, 11) is 0. The monoisotopic (exact) mass is 169 g/mol. The molecular weight excluding hydrogens is 157 g/mol. The van der Waals surface area contributed by atoms with Crippen LogP contribution >= 0.6 is 0 Å². The molecule has 0 spiro atoms. The van der Waals surface area contributed by atoms with Crippen molar-refractivity contribution < 1.29 is 9.50 Å². The van der Waals surface area contributed by atoms with E-state index in [-0.39, 0.29) is 12.4 Å². The van der Waals surface area contributed by atoms with Gasteiger partial charge in [-0.25, -0.2) is 4.39 Å². The molecule has 0 heterocycles. The summed E-state index contributed by atoms with van der Waals surface area (Å²) in [6.07, 6.45) is 0. The molecule has 0 radical (unpaired) electrons. The summed E-state index contributed by atoms with van der Waals surface area (Å²) in [6.45, 7) is 1.52. The van der Waals surface area contributed by atoms with Crippen LogP contribution in [-0.2, 0) is 0 Å². The van der Waals surface area contributed by atoms with E-state index in [0.29, 0.717) is 11.1 Å². The first-order valence-corrected chi connectivity index (χ1v) is 3.77. The second kappa shape index (κ2) is 3.65. The first-order valence-electron chi connectivity index (χ1n) is 3.77. The third kappa shape index (κ3) is 1.81. The molecule has 1 aromatic carbocycles. The molecule has 0 aromatic heterocycles. The van der Waals surface area contributed by atoms with Crippen LogP contribution < -0.4 is 5.73 Å². The smallest absolute Gasteiger partial charge is 0.126 e. The largest absolute Gasteiger partial charge is 0.394 e. The Morgan fingerprint density at radius 1 is 1.58 bits per heavy atom. The number of benzene rings is 1. The fourth-order valence-electron chi connectivity index (χ4n) is 0.945. The topological polar surface area (TPSA) is 46.2 Å². The van der Waals surface area contributed by atoms with E-state index >= 15 is 0 Å². The molecule has 1 rings (SSSR count). The van der Waals surface area contributed by atoms with Gasteiger partial charge in [0, 0.05) is 0 Å². The van der Waals surface area contributed by atoms with E-state index in [4.69, 9.17) is 10.8 Å². The number of nitrogens with two attached hydrogens (primary N) is 1. The minimum atomic E-state index is -0.486. The predicted molar refractivity (Wildman–Crippen MR) is 45.2 cm³/mol. The number of hydrogen-bond donors (Lipinski definition) is 2. The summed E-state index contributed by atoms with van der Waals surface area (Å²) in [5, 5.41) is 8.70. The SMILES string of the molecule is Cc1ccc([C@@H](N)CO)cc1F. The van der Waals surface area contributed by atoms with E-state index in [9.17, 15) is 4.39 Å². The minimum absolute atomic E-state index is 0.164. The molecular formula is C9H12FNO. The Labute approximate surface area is 70.8 Å². The van der Waals surface area contributed by atoms with E-state index in [2.05, 4.69) is 0 Å². The van der Waals surface area contributed by atoms with Crippen molar-refractivity contribution in [3.63, 3.8) is 0 Å². The van der Waals surface area contributed by atoms with Crippen LogP contribution in [0.1, 0.15) is 17.2 Å². The number of hydrogen-bond acceptors (Lipinski definition) is 2. The van der Waals surface area contributed by atoms with Gasteiger partial charge in [0.05, 0.1) is 12.6 Å². The first kappa shape index (κ1) is 9.16. The average Bonchev–Trinajstić information content (AvgIpc) is 2.08. The molecule has 0 unspecified atom stereocenters. The summed E-state index contributed by atoms with van der Waals surface area (Å²) in [6, 6.07) is 4.25. The van der Waals surface area contributed by atoms with Crippen molar-refractivity contribution in [3.8, 4) is 0 Å². The third-order valence-corrected chi connectivity index (χ3v) is 1.82. The Kier molecular flexibility index (Phi) is 2.78. The lowest BCUT2D eigenvalue weighted by molar-refractivity contribution is 0.268. The number of aryl methyl sites for hydroxylation is 1. The maximum atomic E-state index is 12.9. The van der Waals surface area contributed by atoms with Gasteiger partial charge in [0.15, 0.2) is 0 Å². The lowest BCUT2D eigenvalue weighted by Crippen LogP contribution is -2.14. The molecule has 1 aromatic rings. The summed E-state index contributed by atoms with van der Waals surface area (Å²) in [5.41, 5.74) is 6.71. The summed E-state index contributed by atoms with van der Waals surface area (Å²) in [4.78, 5) is 0. The Bertz CT molecular complexity index is 275. The van der Waals surface area contributed by atoms with Crippen LogP contribution in [0.2, 0.25) is 0 Å². The van der Waals surface area contributed by atoms with E-state index in [0.717, 1.165) is 0 Å². The fourth-order valence-corrected chi connectivity index (χ4v) is 0.945. The van der Waals surface area contributed by atoms with Gasteiger partial charge in [-0.2, -0.15) is 0 Å². The Morgan fingerprint density at radius 3 is 2.75 bits per heavy atom. The van der Waals surface area contributed by atoms with Crippen molar-refractivity contribution in [2.45, 2.75) is 13.0 Å². The molecule has 0 aliphatic carbocycles. The standard InChI is InChI=1S/C9H12FNO/c1-6-2-3-7(4-8(6)10)9(11)5-12/h2-4,9,12H,5,11H2,1H3/t9-/m0/s1. The van der Waals surface area contributed by atoms with Gasteiger partial charge in [0.25, 0.3) is 0 Å². The van der Waals surface area contributed by atoms with Crippen molar-refractivity contribution in [1.82, 2.24) is 0 Å². The van der Waals surface area contributed by atoms with Gasteiger partial charge in [-0.15, -0.1) is 0 Å². The van der Waals surface area contributed by atoms with Gasteiger partial charge in [-0.3, -0.25) is 0 Å². The van der Waals surface area contributed by atoms with E-state index < -0.39 is 6.04 Å². The number of halogens is 1. The normalized spacial score (nSPS) is 13.0. The van der Waals surface area contributed by atoms with Crippen LogP contribution in [0.3, 0.4) is 0 Å². The molecule has 0 amide bonds. The Morgan fingerprint density at radius 2 is 2.25 bits per heavy atom. The van der Waals surface area contributed by atoms with Crippen molar-refractivity contribution >= 4 is 0 Å². The highest BCUT2D eigenvalue weighted by Crippen LogP contribution is 2.13. The Hall–Kier alpha value is -0.930. The van der Waals surface area contributed by atoms with Crippen LogP contribution in [0.4, 0.5) is 4.39 Å². The van der Waals surface area contributed by atoms with Crippen molar-refractivity contribution in [1.29, 1.82) is 0 Å². The zero-order valence-corrected chi connectivity index (χ0v) is 6.92. The van der Waals surface area contributed by atoms with E-state index in [1.54, 1.807) is 19.1 Å². The number of rotatable bonds is 2. The van der Waals surface area contributed by atoms with Gasteiger partial charge in [0.2, 0.25) is 0 Å². The van der Waals surface area contributed by atoms with Gasteiger partial charge in [-0.05, 0) is 24.1 Å². The molecule has 0 bridgehead atoms. The third-order valence-electron chi connectivity index (χ3n) is 1.82. The molecule has 0 fully saturated rings. The lowest BCUT2D eigenvalue weighted by atomic mass is 10.1. The second-order valence-corrected chi connectivity index (χ2v) is 2.80. The quantitative estimate of drug-likeness (QED) is 0.697. The highest BCUT2D eigenvalue weighted by molar-refractivity contribution is 5.25. The predicted octanol–water partition coefficient (Wildman–Crippen LogP) is 1.13. The number of aliphatic hydroxyl groups excluding tert-OH is 1. The molecule has 2 nitrogen and oxygen atoms in total. The number of aliphatic hydroxyl groups is 1. The molecule has 3 heteroatoms. The molecule has 0 saturated carbocycles. The summed E-state index contributed by atoms with van der Waals surface area (Å²) >= 11 is 0. The minimum Gasteiger partial charge on any atom is -0.394 e. The molecule has 3 N–H and O–H groups in total. The van der Waals surface area contributed by atoms with Crippen LogP contribution in [-0.4, -0.2) is 11.7 Å². The summed E-state index contributed by atoms with van der Waals surface area (Å²) < 4.78 is 12.9. The molecule has 1 atom stereocenters. The van der Waals surface area contributed by atoms with Crippen LogP contribution in [0, 0.1) is 12.7 Å². The molecule has 0 aliphatic heterocycles. The first-order chi connectivity index (χ1) is 5.65. The van der Waals surface area contributed by atoms with E-state index in [1.807, 2.05) is 0 Å². The molecule has 12 heavy (non-hydrogen) atoms. The molecule has 0 aliphatic rings.